The SMILES string of the molecule is C=CCNC(=O)c1cccc(S(=O)(=O)Nc2ccc(OC)c(Br)c2)c1. The normalized spacial score (nSPS) is 10.8. The van der Waals surface area contributed by atoms with E-state index in [-0.39, 0.29) is 16.4 Å². The van der Waals surface area contributed by atoms with Crippen LogP contribution in [0.15, 0.2) is 64.5 Å². The summed E-state index contributed by atoms with van der Waals surface area (Å²) in [6, 6.07) is 10.6. The number of nitrogens with one attached hydrogen (secondary N) is 2. The molecule has 0 bridgehead atoms. The van der Waals surface area contributed by atoms with E-state index in [0.717, 1.165) is 0 Å². The molecule has 1 amide bonds. The Bertz CT molecular complexity index is 897. The van der Waals surface area contributed by atoms with Crippen LogP contribution in [0.1, 0.15) is 10.4 Å². The monoisotopic (exact) mass is 424 g/mol. The maximum Gasteiger partial charge on any atom is 0.261 e. The van der Waals surface area contributed by atoms with Gasteiger partial charge in [-0.15, -0.1) is 6.58 Å². The largest absolute Gasteiger partial charge is 0.496 e. The average Bonchev–Trinajstić information content (AvgIpc) is 2.59. The number of carbonyl (C=O) groups excluding carboxylic acids is 1. The highest BCUT2D eigenvalue weighted by atomic mass is 79.9. The van der Waals surface area contributed by atoms with Gasteiger partial charge in [0, 0.05) is 12.1 Å². The topological polar surface area (TPSA) is 84.5 Å². The van der Waals surface area contributed by atoms with Crippen LogP contribution in [0.5, 0.6) is 5.75 Å². The molecule has 0 spiro atoms. The minimum atomic E-state index is -3.84. The average molecular weight is 425 g/mol. The predicted octanol–water partition coefficient (Wildman–Crippen LogP) is 3.17. The van der Waals surface area contributed by atoms with Crippen LogP contribution in [-0.2, 0) is 10.0 Å². The van der Waals surface area contributed by atoms with E-state index in [1.807, 2.05) is 0 Å². The molecule has 2 aromatic carbocycles. The third-order valence-corrected chi connectivity index (χ3v) is 5.22. The first kappa shape index (κ1) is 19.0. The van der Waals surface area contributed by atoms with Gasteiger partial charge in [0.1, 0.15) is 5.75 Å². The summed E-state index contributed by atoms with van der Waals surface area (Å²) in [4.78, 5) is 12.0. The number of anilines is 1. The Morgan fingerprint density at radius 3 is 2.68 bits per heavy atom. The van der Waals surface area contributed by atoms with Gasteiger partial charge < -0.3 is 10.1 Å². The van der Waals surface area contributed by atoms with E-state index in [1.54, 1.807) is 30.3 Å². The molecule has 25 heavy (non-hydrogen) atoms. The molecule has 0 radical (unpaired) electrons. The first-order chi connectivity index (χ1) is 11.9. The Morgan fingerprint density at radius 2 is 2.04 bits per heavy atom. The summed E-state index contributed by atoms with van der Waals surface area (Å²) in [5.74, 6) is 0.216. The number of hydrogen-bond acceptors (Lipinski definition) is 4. The van der Waals surface area contributed by atoms with Crippen molar-refractivity contribution >= 4 is 37.5 Å². The van der Waals surface area contributed by atoms with E-state index >= 15 is 0 Å². The molecule has 8 heteroatoms. The van der Waals surface area contributed by atoms with Crippen LogP contribution in [0.2, 0.25) is 0 Å². The Morgan fingerprint density at radius 1 is 1.28 bits per heavy atom. The lowest BCUT2D eigenvalue weighted by molar-refractivity contribution is 0.0958. The Kier molecular flexibility index (Phi) is 6.22. The van der Waals surface area contributed by atoms with Gasteiger partial charge in [-0.25, -0.2) is 8.42 Å². The van der Waals surface area contributed by atoms with Gasteiger partial charge in [0.2, 0.25) is 0 Å². The maximum absolute atomic E-state index is 12.6. The summed E-state index contributed by atoms with van der Waals surface area (Å²) in [6.07, 6.45) is 1.54. The van der Waals surface area contributed by atoms with E-state index in [0.29, 0.717) is 22.5 Å². The number of carbonyl (C=O) groups is 1. The maximum atomic E-state index is 12.6. The van der Waals surface area contributed by atoms with E-state index in [1.165, 1.54) is 25.3 Å². The molecule has 2 N–H and O–H groups in total. The zero-order valence-electron chi connectivity index (χ0n) is 13.5. The smallest absolute Gasteiger partial charge is 0.261 e. The van der Waals surface area contributed by atoms with Crippen LogP contribution < -0.4 is 14.8 Å². The molecule has 132 valence electrons. The van der Waals surface area contributed by atoms with Gasteiger partial charge in [-0.1, -0.05) is 12.1 Å². The lowest BCUT2D eigenvalue weighted by Crippen LogP contribution is -2.23. The lowest BCUT2D eigenvalue weighted by Gasteiger charge is -2.11. The highest BCUT2D eigenvalue weighted by molar-refractivity contribution is 9.10. The van der Waals surface area contributed by atoms with Crippen molar-refractivity contribution in [3.8, 4) is 5.75 Å². The zero-order valence-corrected chi connectivity index (χ0v) is 15.9. The minimum Gasteiger partial charge on any atom is -0.496 e. The predicted molar refractivity (Wildman–Crippen MR) is 100 cm³/mol. The Hall–Kier alpha value is -2.32. The fourth-order valence-corrected chi connectivity index (χ4v) is 3.65. The van der Waals surface area contributed by atoms with Gasteiger partial charge in [0.15, 0.2) is 0 Å². The van der Waals surface area contributed by atoms with Crippen molar-refractivity contribution in [1.29, 1.82) is 0 Å². The highest BCUT2D eigenvalue weighted by Crippen LogP contribution is 2.28. The zero-order chi connectivity index (χ0) is 18.4. The summed E-state index contributed by atoms with van der Waals surface area (Å²) >= 11 is 3.31. The number of methoxy groups -OCH3 is 1. The fraction of sp³-hybridized carbons (Fsp3) is 0.118. The van der Waals surface area contributed by atoms with Gasteiger partial charge >= 0.3 is 0 Å². The number of benzene rings is 2. The van der Waals surface area contributed by atoms with Crippen molar-refractivity contribution < 1.29 is 17.9 Å². The van der Waals surface area contributed by atoms with Gasteiger partial charge in [-0.05, 0) is 52.3 Å². The van der Waals surface area contributed by atoms with Crippen LogP contribution in [0.25, 0.3) is 0 Å². The molecule has 2 rings (SSSR count). The Labute approximate surface area is 155 Å². The summed E-state index contributed by atoms with van der Waals surface area (Å²) < 4.78 is 33.3. The van der Waals surface area contributed by atoms with E-state index in [4.69, 9.17) is 4.74 Å². The third-order valence-electron chi connectivity index (χ3n) is 3.22. The van der Waals surface area contributed by atoms with Crippen LogP contribution >= 0.6 is 15.9 Å². The number of amides is 1. The molecule has 0 aliphatic rings. The molecular weight excluding hydrogens is 408 g/mol. The highest BCUT2D eigenvalue weighted by Gasteiger charge is 2.17. The fourth-order valence-electron chi connectivity index (χ4n) is 2.02. The molecule has 0 aliphatic carbocycles. The second kappa shape index (κ2) is 8.17. The summed E-state index contributed by atoms with van der Waals surface area (Å²) in [5, 5.41) is 2.60. The summed E-state index contributed by atoms with van der Waals surface area (Å²) in [6.45, 7) is 3.82. The van der Waals surface area contributed by atoms with E-state index in [9.17, 15) is 13.2 Å². The molecule has 0 aliphatic heterocycles. The van der Waals surface area contributed by atoms with Crippen molar-refractivity contribution in [1.82, 2.24) is 5.32 Å². The molecular formula is C17H17BrN2O4S. The first-order valence-electron chi connectivity index (χ1n) is 7.23. The van der Waals surface area contributed by atoms with E-state index < -0.39 is 10.0 Å². The van der Waals surface area contributed by atoms with Crippen molar-refractivity contribution in [3.63, 3.8) is 0 Å². The molecule has 6 nitrogen and oxygen atoms in total. The first-order valence-corrected chi connectivity index (χ1v) is 9.50. The second-order valence-corrected chi connectivity index (χ2v) is 7.52. The number of ether oxygens (including phenoxy) is 1. The standard InChI is InChI=1S/C17H17BrN2O4S/c1-3-9-19-17(21)12-5-4-6-14(10-12)25(22,23)20-13-7-8-16(24-2)15(18)11-13/h3-8,10-11,20H,1,9H2,2H3,(H,19,21). The number of halogens is 1. The molecule has 0 aromatic heterocycles. The minimum absolute atomic E-state index is 0.00862. The van der Waals surface area contributed by atoms with E-state index in [2.05, 4.69) is 32.5 Å². The van der Waals surface area contributed by atoms with Gasteiger partial charge in [0.25, 0.3) is 15.9 Å². The van der Waals surface area contributed by atoms with Crippen LogP contribution in [0.4, 0.5) is 5.69 Å². The molecule has 0 fully saturated rings. The van der Waals surface area contributed by atoms with Crippen LogP contribution in [0.3, 0.4) is 0 Å². The third kappa shape index (κ3) is 4.83. The number of hydrogen-bond donors (Lipinski definition) is 2. The number of sulfonamides is 1. The number of rotatable bonds is 7. The quantitative estimate of drug-likeness (QED) is 0.668. The van der Waals surface area contributed by atoms with Gasteiger partial charge in [-0.3, -0.25) is 9.52 Å². The second-order valence-electron chi connectivity index (χ2n) is 4.98. The van der Waals surface area contributed by atoms with Gasteiger partial charge in [0.05, 0.1) is 22.2 Å². The molecule has 0 saturated carbocycles. The van der Waals surface area contributed by atoms with Crippen LogP contribution in [-0.4, -0.2) is 28.0 Å². The lowest BCUT2D eigenvalue weighted by atomic mass is 10.2. The van der Waals surface area contributed by atoms with Crippen molar-refractivity contribution in [2.24, 2.45) is 0 Å². The molecule has 0 atom stereocenters. The summed E-state index contributed by atoms with van der Waals surface area (Å²) in [5.41, 5.74) is 0.620. The summed E-state index contributed by atoms with van der Waals surface area (Å²) in [7, 11) is -2.32. The van der Waals surface area contributed by atoms with Crippen molar-refractivity contribution in [2.75, 3.05) is 18.4 Å². The molecule has 0 saturated heterocycles. The Balaban J connectivity index is 2.26. The molecule has 0 unspecified atom stereocenters. The van der Waals surface area contributed by atoms with Crippen molar-refractivity contribution in [3.05, 3.63) is 65.2 Å². The molecule has 0 heterocycles. The molecule has 2 aromatic rings. The van der Waals surface area contributed by atoms with Gasteiger partial charge in [-0.2, -0.15) is 0 Å². The van der Waals surface area contributed by atoms with Crippen molar-refractivity contribution in [2.45, 2.75) is 4.90 Å². The van der Waals surface area contributed by atoms with Crippen LogP contribution in [0, 0.1) is 0 Å².